The van der Waals surface area contributed by atoms with Gasteiger partial charge in [0.25, 0.3) is 0 Å². The Morgan fingerprint density at radius 1 is 1.12 bits per heavy atom. The van der Waals surface area contributed by atoms with E-state index in [0.717, 1.165) is 5.56 Å². The maximum absolute atomic E-state index is 9.50. The Kier molecular flexibility index (Phi) is 5.79. The van der Waals surface area contributed by atoms with Crippen molar-refractivity contribution >= 4 is 56.9 Å². The zero-order valence-corrected chi connectivity index (χ0v) is 16.0. The molecule has 0 amide bonds. The van der Waals surface area contributed by atoms with Gasteiger partial charge in [0.1, 0.15) is 11.1 Å². The number of benzene rings is 2. The van der Waals surface area contributed by atoms with Crippen LogP contribution in [0.2, 0.25) is 10.0 Å². The van der Waals surface area contributed by atoms with Gasteiger partial charge in [-0.1, -0.05) is 52.7 Å². The Hall–Kier alpha value is -2.52. The van der Waals surface area contributed by atoms with Gasteiger partial charge in [0.2, 0.25) is 0 Å². The largest absolute Gasteiger partial charge is 0.238 e. The molecule has 2 aromatic carbocycles. The van der Waals surface area contributed by atoms with Gasteiger partial charge in [0.15, 0.2) is 5.00 Å². The zero-order chi connectivity index (χ0) is 18.5. The number of aromatic nitrogens is 1. The molecule has 0 spiro atoms. The van der Waals surface area contributed by atoms with Crippen LogP contribution in [-0.2, 0) is 0 Å². The second-order valence-corrected chi connectivity index (χ2v) is 7.10. The number of aryl methyl sites for hydroxylation is 1. The third-order valence-corrected chi connectivity index (χ3v) is 5.08. The van der Waals surface area contributed by atoms with Crippen LogP contribution in [-0.4, -0.2) is 4.98 Å². The standard InChI is InChI=1S/C19H12Cl2N4S/c1-12-18(25-24-16-8-6-15(20)7-9-16)26-19(23-12)14(11-22)10-13-4-2-3-5-17(13)21/h2-10H,1H3/b14-10-,25-24?. The van der Waals surface area contributed by atoms with E-state index in [4.69, 9.17) is 23.2 Å². The summed E-state index contributed by atoms with van der Waals surface area (Å²) in [6, 6.07) is 16.6. The van der Waals surface area contributed by atoms with Crippen molar-refractivity contribution in [1.82, 2.24) is 4.98 Å². The first-order chi connectivity index (χ1) is 12.6. The summed E-state index contributed by atoms with van der Waals surface area (Å²) in [7, 11) is 0. The number of hydrogen-bond acceptors (Lipinski definition) is 5. The first-order valence-electron chi connectivity index (χ1n) is 7.58. The van der Waals surface area contributed by atoms with Gasteiger partial charge < -0.3 is 0 Å². The molecule has 1 heterocycles. The molecule has 1 aromatic heterocycles. The van der Waals surface area contributed by atoms with E-state index in [9.17, 15) is 5.26 Å². The van der Waals surface area contributed by atoms with Crippen LogP contribution in [0, 0.1) is 18.3 Å². The summed E-state index contributed by atoms with van der Waals surface area (Å²) in [5.74, 6) is 0. The lowest BCUT2D eigenvalue weighted by atomic mass is 10.1. The van der Waals surface area contributed by atoms with Crippen molar-refractivity contribution in [1.29, 1.82) is 5.26 Å². The van der Waals surface area contributed by atoms with E-state index in [2.05, 4.69) is 21.3 Å². The van der Waals surface area contributed by atoms with Crippen LogP contribution in [0.4, 0.5) is 10.7 Å². The molecular weight excluding hydrogens is 387 g/mol. The number of nitriles is 1. The maximum Gasteiger partial charge on any atom is 0.162 e. The summed E-state index contributed by atoms with van der Waals surface area (Å²) >= 11 is 13.3. The first kappa shape index (κ1) is 18.3. The average Bonchev–Trinajstić information content (AvgIpc) is 3.01. The summed E-state index contributed by atoms with van der Waals surface area (Å²) in [5.41, 5.74) is 2.60. The van der Waals surface area contributed by atoms with Crippen LogP contribution in [0.5, 0.6) is 0 Å². The van der Waals surface area contributed by atoms with E-state index in [-0.39, 0.29) is 0 Å². The monoisotopic (exact) mass is 398 g/mol. The fourth-order valence-corrected chi connectivity index (χ4v) is 3.27. The molecule has 0 saturated heterocycles. The van der Waals surface area contributed by atoms with Gasteiger partial charge in [-0.3, -0.25) is 0 Å². The number of halogens is 2. The van der Waals surface area contributed by atoms with Crippen LogP contribution < -0.4 is 0 Å². The van der Waals surface area contributed by atoms with Crippen LogP contribution in [0.1, 0.15) is 16.3 Å². The van der Waals surface area contributed by atoms with Gasteiger partial charge in [-0.25, -0.2) is 4.98 Å². The number of thiazole rings is 1. The second-order valence-electron chi connectivity index (χ2n) is 5.28. The van der Waals surface area contributed by atoms with E-state index in [0.29, 0.717) is 37.0 Å². The first-order valence-corrected chi connectivity index (χ1v) is 9.15. The van der Waals surface area contributed by atoms with Crippen molar-refractivity contribution in [3.63, 3.8) is 0 Å². The number of azo groups is 1. The van der Waals surface area contributed by atoms with E-state index in [1.54, 1.807) is 36.4 Å². The van der Waals surface area contributed by atoms with Gasteiger partial charge >= 0.3 is 0 Å². The third-order valence-electron chi connectivity index (χ3n) is 3.41. The topological polar surface area (TPSA) is 61.4 Å². The van der Waals surface area contributed by atoms with Crippen molar-refractivity contribution in [3.05, 3.63) is 74.8 Å². The van der Waals surface area contributed by atoms with Gasteiger partial charge in [0.05, 0.1) is 17.0 Å². The van der Waals surface area contributed by atoms with Crippen LogP contribution in [0.3, 0.4) is 0 Å². The Balaban J connectivity index is 1.90. The minimum Gasteiger partial charge on any atom is -0.238 e. The van der Waals surface area contributed by atoms with Crippen molar-refractivity contribution < 1.29 is 0 Å². The molecule has 0 aliphatic rings. The molecular formula is C19H12Cl2N4S. The highest BCUT2D eigenvalue weighted by molar-refractivity contribution is 7.16. The van der Waals surface area contributed by atoms with Gasteiger partial charge in [-0.05, 0) is 48.9 Å². The maximum atomic E-state index is 9.50. The summed E-state index contributed by atoms with van der Waals surface area (Å²) < 4.78 is 0. The van der Waals surface area contributed by atoms with E-state index in [1.165, 1.54) is 11.3 Å². The van der Waals surface area contributed by atoms with E-state index < -0.39 is 0 Å². The number of nitrogens with zero attached hydrogens (tertiary/aromatic N) is 4. The van der Waals surface area contributed by atoms with Crippen LogP contribution >= 0.6 is 34.5 Å². The van der Waals surface area contributed by atoms with Crippen molar-refractivity contribution in [2.24, 2.45) is 10.2 Å². The van der Waals surface area contributed by atoms with Crippen LogP contribution in [0.25, 0.3) is 11.6 Å². The summed E-state index contributed by atoms with van der Waals surface area (Å²) in [6.07, 6.45) is 1.72. The molecule has 0 aliphatic carbocycles. The Morgan fingerprint density at radius 3 is 2.54 bits per heavy atom. The Morgan fingerprint density at radius 2 is 1.85 bits per heavy atom. The lowest BCUT2D eigenvalue weighted by Gasteiger charge is -1.98. The number of hydrogen-bond donors (Lipinski definition) is 0. The summed E-state index contributed by atoms with van der Waals surface area (Å²) in [5, 5.41) is 20.4. The molecule has 0 atom stereocenters. The molecule has 0 unspecified atom stereocenters. The molecule has 0 aliphatic heterocycles. The molecule has 0 fully saturated rings. The molecule has 0 N–H and O–H groups in total. The molecule has 0 saturated carbocycles. The Labute approximate surface area is 165 Å². The summed E-state index contributed by atoms with van der Waals surface area (Å²) in [4.78, 5) is 4.44. The van der Waals surface area contributed by atoms with Crippen LogP contribution in [0.15, 0.2) is 58.8 Å². The SMILES string of the molecule is Cc1nc(/C(C#N)=C\c2ccccc2Cl)sc1N=Nc1ccc(Cl)cc1. The van der Waals surface area contributed by atoms with Crippen molar-refractivity contribution in [2.45, 2.75) is 6.92 Å². The number of allylic oxidation sites excluding steroid dienone is 1. The third kappa shape index (κ3) is 4.36. The highest BCUT2D eigenvalue weighted by Crippen LogP contribution is 2.33. The molecule has 0 bridgehead atoms. The predicted molar refractivity (Wildman–Crippen MR) is 107 cm³/mol. The van der Waals surface area contributed by atoms with Gasteiger partial charge in [-0.15, -0.1) is 10.2 Å². The fourth-order valence-electron chi connectivity index (χ4n) is 2.10. The van der Waals surface area contributed by atoms with E-state index in [1.807, 2.05) is 25.1 Å². The van der Waals surface area contributed by atoms with Gasteiger partial charge in [0, 0.05) is 10.0 Å². The second kappa shape index (κ2) is 8.24. The molecule has 4 nitrogen and oxygen atoms in total. The normalized spacial score (nSPS) is 11.7. The fraction of sp³-hybridized carbons (Fsp3) is 0.0526. The molecule has 0 radical (unpaired) electrons. The molecule has 128 valence electrons. The quantitative estimate of drug-likeness (QED) is 0.343. The lowest BCUT2D eigenvalue weighted by Crippen LogP contribution is -1.82. The minimum atomic E-state index is 0.430. The van der Waals surface area contributed by atoms with E-state index >= 15 is 0 Å². The molecule has 7 heteroatoms. The average molecular weight is 399 g/mol. The highest BCUT2D eigenvalue weighted by atomic mass is 35.5. The smallest absolute Gasteiger partial charge is 0.162 e. The zero-order valence-electron chi connectivity index (χ0n) is 13.6. The molecule has 3 rings (SSSR count). The minimum absolute atomic E-state index is 0.430. The lowest BCUT2D eigenvalue weighted by molar-refractivity contribution is 1.18. The van der Waals surface area contributed by atoms with Crippen molar-refractivity contribution in [2.75, 3.05) is 0 Å². The predicted octanol–water partition coefficient (Wildman–Crippen LogP) is 7.24. The van der Waals surface area contributed by atoms with Crippen molar-refractivity contribution in [3.8, 4) is 6.07 Å². The number of rotatable bonds is 4. The Bertz CT molecular complexity index is 1030. The van der Waals surface area contributed by atoms with Gasteiger partial charge in [-0.2, -0.15) is 5.26 Å². The molecule has 26 heavy (non-hydrogen) atoms. The summed E-state index contributed by atoms with van der Waals surface area (Å²) in [6.45, 7) is 1.83. The highest BCUT2D eigenvalue weighted by Gasteiger charge is 2.12. The molecule has 3 aromatic rings.